The average molecular weight is 319 g/mol. The fourth-order valence-corrected chi connectivity index (χ4v) is 1.36. The maximum absolute atomic E-state index is 11.3. The largest absolute Gasteiger partial charge is 0.484 e. The first kappa shape index (κ1) is 14.1. The Labute approximate surface area is 114 Å². The average Bonchev–Trinajstić information content (AvgIpc) is 2.28. The van der Waals surface area contributed by atoms with Crippen molar-refractivity contribution in [1.29, 1.82) is 0 Å². The number of rotatable bonds is 5. The molecule has 1 aromatic carbocycles. The molecule has 0 spiro atoms. The highest BCUT2D eigenvalue weighted by Gasteiger charge is 2.03. The third-order valence-electron chi connectivity index (χ3n) is 1.98. The van der Waals surface area contributed by atoms with E-state index in [2.05, 4.69) is 27.8 Å². The van der Waals surface area contributed by atoms with Crippen LogP contribution in [0, 0.1) is 6.92 Å². The second-order valence-electron chi connectivity index (χ2n) is 3.49. The van der Waals surface area contributed by atoms with E-state index in [0.29, 0.717) is 21.8 Å². The highest BCUT2D eigenvalue weighted by Crippen LogP contribution is 2.20. The number of nitrogens with one attached hydrogen (secondary N) is 1. The Morgan fingerprint density at radius 2 is 2.29 bits per heavy atom. The third-order valence-corrected chi connectivity index (χ3v) is 2.68. The van der Waals surface area contributed by atoms with Gasteiger partial charge in [0.25, 0.3) is 5.91 Å². The third kappa shape index (κ3) is 5.24. The molecule has 0 heterocycles. The normalized spacial score (nSPS) is 9.82. The van der Waals surface area contributed by atoms with E-state index in [9.17, 15) is 4.79 Å². The van der Waals surface area contributed by atoms with Crippen LogP contribution in [0.1, 0.15) is 5.56 Å². The van der Waals surface area contributed by atoms with E-state index in [4.69, 9.17) is 16.3 Å². The van der Waals surface area contributed by atoms with E-state index in [1.54, 1.807) is 18.2 Å². The van der Waals surface area contributed by atoms with Crippen LogP contribution in [0.3, 0.4) is 0 Å². The van der Waals surface area contributed by atoms with Gasteiger partial charge in [-0.15, -0.1) is 0 Å². The molecule has 1 aromatic rings. The first-order chi connectivity index (χ1) is 7.99. The number of benzene rings is 1. The van der Waals surface area contributed by atoms with Gasteiger partial charge in [-0.25, -0.2) is 0 Å². The number of ether oxygens (including phenoxy) is 1. The van der Waals surface area contributed by atoms with Crippen LogP contribution in [-0.4, -0.2) is 19.1 Å². The van der Waals surface area contributed by atoms with Crippen LogP contribution in [-0.2, 0) is 4.79 Å². The molecule has 0 saturated heterocycles. The summed E-state index contributed by atoms with van der Waals surface area (Å²) in [5, 5.41) is 3.32. The van der Waals surface area contributed by atoms with Crippen LogP contribution in [0.4, 0.5) is 0 Å². The molecule has 0 aliphatic carbocycles. The summed E-state index contributed by atoms with van der Waals surface area (Å²) in [4.78, 5) is 11.3. The van der Waals surface area contributed by atoms with Crippen molar-refractivity contribution in [3.8, 4) is 5.75 Å². The van der Waals surface area contributed by atoms with Crippen LogP contribution in [0.15, 0.2) is 29.3 Å². The van der Waals surface area contributed by atoms with Crippen molar-refractivity contribution in [2.24, 2.45) is 0 Å². The highest BCUT2D eigenvalue weighted by atomic mass is 79.9. The van der Waals surface area contributed by atoms with E-state index >= 15 is 0 Å². The van der Waals surface area contributed by atoms with Crippen molar-refractivity contribution in [2.45, 2.75) is 6.92 Å². The van der Waals surface area contributed by atoms with Crippen molar-refractivity contribution < 1.29 is 9.53 Å². The van der Waals surface area contributed by atoms with Crippen LogP contribution in [0.25, 0.3) is 0 Å². The molecule has 5 heteroatoms. The Balaban J connectivity index is 2.42. The number of halogens is 2. The Hall–Kier alpha value is -1.00. The topological polar surface area (TPSA) is 38.3 Å². The van der Waals surface area contributed by atoms with Gasteiger partial charge in [-0.2, -0.15) is 0 Å². The lowest BCUT2D eigenvalue weighted by Crippen LogP contribution is -2.29. The van der Waals surface area contributed by atoms with Gasteiger partial charge < -0.3 is 10.1 Å². The SMILES string of the molecule is C=C(Br)CNC(=O)COc1ccc(Cl)c(C)c1. The zero-order chi connectivity index (χ0) is 12.8. The van der Waals surface area contributed by atoms with Gasteiger partial charge in [-0.05, 0) is 30.7 Å². The fraction of sp³-hybridized carbons (Fsp3) is 0.250. The van der Waals surface area contributed by atoms with Crippen molar-refractivity contribution >= 4 is 33.4 Å². The monoisotopic (exact) mass is 317 g/mol. The van der Waals surface area contributed by atoms with Gasteiger partial charge in [0.1, 0.15) is 5.75 Å². The predicted octanol–water partition coefficient (Wildman–Crippen LogP) is 3.05. The van der Waals surface area contributed by atoms with E-state index in [0.717, 1.165) is 5.56 Å². The molecule has 0 atom stereocenters. The lowest BCUT2D eigenvalue weighted by atomic mass is 10.2. The summed E-state index contributed by atoms with van der Waals surface area (Å²) in [7, 11) is 0. The summed E-state index contributed by atoms with van der Waals surface area (Å²) < 4.78 is 6.04. The summed E-state index contributed by atoms with van der Waals surface area (Å²) in [6.07, 6.45) is 0. The molecule has 0 unspecified atom stereocenters. The Morgan fingerprint density at radius 3 is 2.88 bits per heavy atom. The van der Waals surface area contributed by atoms with E-state index in [1.807, 2.05) is 6.92 Å². The Kier molecular flexibility index (Phi) is 5.51. The van der Waals surface area contributed by atoms with Gasteiger partial charge in [0.05, 0.1) is 0 Å². The quantitative estimate of drug-likeness (QED) is 0.906. The molecular weight excluding hydrogens is 305 g/mol. The summed E-state index contributed by atoms with van der Waals surface area (Å²) >= 11 is 9.03. The van der Waals surface area contributed by atoms with Crippen molar-refractivity contribution in [3.63, 3.8) is 0 Å². The number of carbonyl (C=O) groups is 1. The van der Waals surface area contributed by atoms with E-state index in [-0.39, 0.29) is 12.5 Å². The molecule has 92 valence electrons. The van der Waals surface area contributed by atoms with Gasteiger partial charge in [0.15, 0.2) is 6.61 Å². The molecule has 0 radical (unpaired) electrons. The first-order valence-electron chi connectivity index (χ1n) is 4.98. The summed E-state index contributed by atoms with van der Waals surface area (Å²) in [6.45, 7) is 5.86. The zero-order valence-electron chi connectivity index (χ0n) is 9.43. The minimum Gasteiger partial charge on any atom is -0.484 e. The minimum atomic E-state index is -0.196. The smallest absolute Gasteiger partial charge is 0.258 e. The molecule has 0 aliphatic rings. The molecule has 3 nitrogen and oxygen atoms in total. The summed E-state index contributed by atoms with van der Waals surface area (Å²) in [5.74, 6) is 0.429. The maximum Gasteiger partial charge on any atom is 0.258 e. The number of aryl methyl sites for hydroxylation is 1. The lowest BCUT2D eigenvalue weighted by molar-refractivity contribution is -0.122. The maximum atomic E-state index is 11.3. The molecule has 0 fully saturated rings. The number of carbonyl (C=O) groups excluding carboxylic acids is 1. The molecule has 0 aromatic heterocycles. The molecule has 17 heavy (non-hydrogen) atoms. The highest BCUT2D eigenvalue weighted by molar-refractivity contribution is 9.11. The Bertz CT molecular complexity index is 435. The second-order valence-corrected chi connectivity index (χ2v) is 5.02. The second kappa shape index (κ2) is 6.67. The summed E-state index contributed by atoms with van der Waals surface area (Å²) in [5.41, 5.74) is 0.915. The van der Waals surface area contributed by atoms with Gasteiger partial charge in [-0.3, -0.25) is 4.79 Å². The van der Waals surface area contributed by atoms with Crippen molar-refractivity contribution in [2.75, 3.05) is 13.2 Å². The minimum absolute atomic E-state index is 0.0264. The van der Waals surface area contributed by atoms with Crippen LogP contribution >= 0.6 is 27.5 Å². The van der Waals surface area contributed by atoms with Crippen LogP contribution in [0.2, 0.25) is 5.02 Å². The number of hydrogen-bond acceptors (Lipinski definition) is 2. The molecule has 0 bridgehead atoms. The standard InChI is InChI=1S/C12H13BrClNO2/c1-8-5-10(3-4-11(8)14)17-7-12(16)15-6-9(2)13/h3-5H,2,6-7H2,1H3,(H,15,16). The van der Waals surface area contributed by atoms with Gasteiger partial charge in [-0.1, -0.05) is 34.1 Å². The lowest BCUT2D eigenvalue weighted by Gasteiger charge is -2.08. The van der Waals surface area contributed by atoms with Crippen LogP contribution < -0.4 is 10.1 Å². The number of hydrogen-bond donors (Lipinski definition) is 1. The Morgan fingerprint density at radius 1 is 1.59 bits per heavy atom. The molecule has 0 aliphatic heterocycles. The molecule has 1 rings (SSSR count). The van der Waals surface area contributed by atoms with E-state index in [1.165, 1.54) is 0 Å². The van der Waals surface area contributed by atoms with Gasteiger partial charge in [0.2, 0.25) is 0 Å². The predicted molar refractivity (Wildman–Crippen MR) is 72.8 cm³/mol. The summed E-state index contributed by atoms with van der Waals surface area (Å²) in [6, 6.07) is 5.26. The fourth-order valence-electron chi connectivity index (χ4n) is 1.10. The first-order valence-corrected chi connectivity index (χ1v) is 6.15. The zero-order valence-corrected chi connectivity index (χ0v) is 11.8. The van der Waals surface area contributed by atoms with Crippen LogP contribution in [0.5, 0.6) is 5.75 Å². The number of amides is 1. The van der Waals surface area contributed by atoms with Gasteiger partial charge >= 0.3 is 0 Å². The van der Waals surface area contributed by atoms with Gasteiger partial charge in [0, 0.05) is 16.0 Å². The molecule has 0 saturated carbocycles. The molecular formula is C12H13BrClNO2. The van der Waals surface area contributed by atoms with Crippen molar-refractivity contribution in [1.82, 2.24) is 5.32 Å². The van der Waals surface area contributed by atoms with E-state index < -0.39 is 0 Å². The molecule has 1 amide bonds. The van der Waals surface area contributed by atoms with Crippen molar-refractivity contribution in [3.05, 3.63) is 39.8 Å². The molecule has 1 N–H and O–H groups in total.